The molecule has 1 amide bonds. The highest BCUT2D eigenvalue weighted by molar-refractivity contribution is 5.79. The molecule has 100 valence electrons. The fraction of sp³-hybridized carbons (Fsp3) is 0.929. The van der Waals surface area contributed by atoms with Gasteiger partial charge in [-0.1, -0.05) is 20.8 Å². The summed E-state index contributed by atoms with van der Waals surface area (Å²) in [5.74, 6) is 0.466. The molecular formula is C14H28N2O. The molecule has 0 aromatic rings. The molecule has 3 nitrogen and oxygen atoms in total. The lowest BCUT2D eigenvalue weighted by Crippen LogP contribution is -2.49. The second kappa shape index (κ2) is 5.38. The molecule has 17 heavy (non-hydrogen) atoms. The van der Waals surface area contributed by atoms with Crippen LogP contribution in [0.15, 0.2) is 0 Å². The normalized spacial score (nSPS) is 27.6. The average Bonchev–Trinajstić information content (AvgIpc) is 2.26. The first-order valence-corrected chi connectivity index (χ1v) is 6.73. The van der Waals surface area contributed by atoms with Crippen molar-refractivity contribution in [2.24, 2.45) is 11.3 Å². The van der Waals surface area contributed by atoms with Crippen molar-refractivity contribution in [3.05, 3.63) is 0 Å². The number of carbonyl (C=O) groups excluding carboxylic acids is 1. The van der Waals surface area contributed by atoms with Gasteiger partial charge < -0.3 is 10.2 Å². The van der Waals surface area contributed by atoms with E-state index in [9.17, 15) is 4.79 Å². The lowest BCUT2D eigenvalue weighted by molar-refractivity contribution is -0.138. The Bertz CT molecular complexity index is 262. The van der Waals surface area contributed by atoms with Gasteiger partial charge in [0.05, 0.1) is 5.92 Å². The maximum atomic E-state index is 12.4. The molecule has 0 aromatic heterocycles. The molecule has 1 saturated heterocycles. The smallest absolute Gasteiger partial charge is 0.226 e. The number of nitrogens with zero attached hydrogens (tertiary/aromatic N) is 1. The SMILES string of the molecule is CC1CCC(C(=O)N(C)C(C)C(C)(C)C)CN1. The molecule has 3 atom stereocenters. The van der Waals surface area contributed by atoms with Gasteiger partial charge >= 0.3 is 0 Å². The summed E-state index contributed by atoms with van der Waals surface area (Å²) >= 11 is 0. The highest BCUT2D eigenvalue weighted by atomic mass is 16.2. The van der Waals surface area contributed by atoms with Crippen LogP contribution in [-0.4, -0.2) is 36.5 Å². The Kier molecular flexibility index (Phi) is 4.59. The van der Waals surface area contributed by atoms with Gasteiger partial charge in [-0.05, 0) is 32.1 Å². The van der Waals surface area contributed by atoms with Crippen LogP contribution in [0.1, 0.15) is 47.5 Å². The van der Waals surface area contributed by atoms with E-state index in [0.717, 1.165) is 19.4 Å². The zero-order valence-electron chi connectivity index (χ0n) is 12.2. The minimum absolute atomic E-state index is 0.139. The monoisotopic (exact) mass is 240 g/mol. The number of hydrogen-bond donors (Lipinski definition) is 1. The van der Waals surface area contributed by atoms with Gasteiger partial charge in [0.25, 0.3) is 0 Å². The number of rotatable bonds is 2. The lowest BCUT2D eigenvalue weighted by Gasteiger charge is -2.38. The van der Waals surface area contributed by atoms with Gasteiger partial charge in [0.15, 0.2) is 0 Å². The van der Waals surface area contributed by atoms with Crippen molar-refractivity contribution in [3.63, 3.8) is 0 Å². The molecular weight excluding hydrogens is 212 g/mol. The van der Waals surface area contributed by atoms with Crippen LogP contribution in [0.25, 0.3) is 0 Å². The number of amides is 1. The lowest BCUT2D eigenvalue weighted by atomic mass is 9.86. The van der Waals surface area contributed by atoms with Crippen LogP contribution >= 0.6 is 0 Å². The van der Waals surface area contributed by atoms with Gasteiger partial charge in [-0.2, -0.15) is 0 Å². The molecule has 1 heterocycles. The van der Waals surface area contributed by atoms with Crippen molar-refractivity contribution in [1.29, 1.82) is 0 Å². The summed E-state index contributed by atoms with van der Waals surface area (Å²) in [6.07, 6.45) is 2.13. The number of hydrogen-bond acceptors (Lipinski definition) is 2. The van der Waals surface area contributed by atoms with Crippen LogP contribution in [0.4, 0.5) is 0 Å². The zero-order valence-corrected chi connectivity index (χ0v) is 12.2. The van der Waals surface area contributed by atoms with Crippen molar-refractivity contribution in [1.82, 2.24) is 10.2 Å². The summed E-state index contributed by atoms with van der Waals surface area (Å²) < 4.78 is 0. The van der Waals surface area contributed by atoms with E-state index in [0.29, 0.717) is 11.9 Å². The van der Waals surface area contributed by atoms with E-state index in [-0.39, 0.29) is 17.4 Å². The van der Waals surface area contributed by atoms with Crippen molar-refractivity contribution < 1.29 is 4.79 Å². The maximum Gasteiger partial charge on any atom is 0.226 e. The van der Waals surface area contributed by atoms with Crippen LogP contribution in [0.5, 0.6) is 0 Å². The molecule has 0 saturated carbocycles. The summed E-state index contributed by atoms with van der Waals surface area (Å²) in [6.45, 7) is 11.7. The van der Waals surface area contributed by atoms with Crippen LogP contribution in [0.2, 0.25) is 0 Å². The first kappa shape index (κ1) is 14.5. The Morgan fingerprint density at radius 2 is 1.94 bits per heavy atom. The molecule has 1 rings (SSSR count). The molecule has 1 aliphatic heterocycles. The molecule has 0 bridgehead atoms. The minimum Gasteiger partial charge on any atom is -0.342 e. The topological polar surface area (TPSA) is 32.3 Å². The van der Waals surface area contributed by atoms with Gasteiger partial charge in [-0.3, -0.25) is 4.79 Å². The van der Waals surface area contributed by atoms with Crippen molar-refractivity contribution in [3.8, 4) is 0 Å². The minimum atomic E-state index is 0.139. The summed E-state index contributed by atoms with van der Waals surface area (Å²) in [6, 6.07) is 0.832. The van der Waals surface area contributed by atoms with E-state index < -0.39 is 0 Å². The molecule has 1 fully saturated rings. The third kappa shape index (κ3) is 3.70. The number of carbonyl (C=O) groups is 1. The average molecular weight is 240 g/mol. The first-order valence-electron chi connectivity index (χ1n) is 6.73. The predicted octanol–water partition coefficient (Wildman–Crippen LogP) is 2.27. The molecule has 1 aliphatic rings. The fourth-order valence-electron chi connectivity index (χ4n) is 2.27. The van der Waals surface area contributed by atoms with Crippen molar-refractivity contribution >= 4 is 5.91 Å². The maximum absolute atomic E-state index is 12.4. The third-order valence-electron chi connectivity index (χ3n) is 4.19. The van der Waals surface area contributed by atoms with E-state index >= 15 is 0 Å². The van der Waals surface area contributed by atoms with E-state index in [4.69, 9.17) is 0 Å². The first-order chi connectivity index (χ1) is 7.73. The molecule has 3 heteroatoms. The van der Waals surface area contributed by atoms with Gasteiger partial charge in [0.2, 0.25) is 5.91 Å². The van der Waals surface area contributed by atoms with Crippen LogP contribution < -0.4 is 5.32 Å². The van der Waals surface area contributed by atoms with E-state index in [1.54, 1.807) is 0 Å². The van der Waals surface area contributed by atoms with Crippen LogP contribution in [0.3, 0.4) is 0 Å². The van der Waals surface area contributed by atoms with Crippen LogP contribution in [-0.2, 0) is 4.79 Å². The number of piperidine rings is 1. The van der Waals surface area contributed by atoms with E-state index in [1.807, 2.05) is 11.9 Å². The summed E-state index contributed by atoms with van der Waals surface area (Å²) in [5.41, 5.74) is 0.139. The van der Waals surface area contributed by atoms with Gasteiger partial charge in [-0.15, -0.1) is 0 Å². The Balaban J connectivity index is 2.58. The quantitative estimate of drug-likeness (QED) is 0.803. The molecule has 0 aliphatic carbocycles. The van der Waals surface area contributed by atoms with Gasteiger partial charge in [-0.25, -0.2) is 0 Å². The summed E-state index contributed by atoms with van der Waals surface area (Å²) in [5, 5.41) is 3.40. The van der Waals surface area contributed by atoms with E-state index in [1.165, 1.54) is 0 Å². The number of nitrogens with one attached hydrogen (secondary N) is 1. The standard InChI is InChI=1S/C14H28N2O/c1-10-7-8-12(9-15-10)13(17)16(6)11(2)14(3,4)5/h10-12,15H,7-9H2,1-6H3. The molecule has 0 radical (unpaired) electrons. The third-order valence-corrected chi connectivity index (χ3v) is 4.19. The van der Waals surface area contributed by atoms with Crippen LogP contribution in [0, 0.1) is 11.3 Å². The second-order valence-corrected chi connectivity index (χ2v) is 6.57. The van der Waals surface area contributed by atoms with E-state index in [2.05, 4.69) is 39.9 Å². The Hall–Kier alpha value is -0.570. The largest absolute Gasteiger partial charge is 0.342 e. The molecule has 0 spiro atoms. The van der Waals surface area contributed by atoms with Gasteiger partial charge in [0.1, 0.15) is 0 Å². The zero-order chi connectivity index (χ0) is 13.2. The Labute approximate surface area is 106 Å². The highest BCUT2D eigenvalue weighted by Crippen LogP contribution is 2.25. The molecule has 0 aromatic carbocycles. The van der Waals surface area contributed by atoms with Gasteiger partial charge in [0, 0.05) is 25.7 Å². The Morgan fingerprint density at radius 3 is 2.35 bits per heavy atom. The summed E-state index contributed by atoms with van der Waals surface area (Å²) in [7, 11) is 1.94. The highest BCUT2D eigenvalue weighted by Gasteiger charge is 2.32. The second-order valence-electron chi connectivity index (χ2n) is 6.57. The fourth-order valence-corrected chi connectivity index (χ4v) is 2.27. The molecule has 3 unspecified atom stereocenters. The summed E-state index contributed by atoms with van der Waals surface area (Å²) in [4.78, 5) is 14.3. The van der Waals surface area contributed by atoms with Crippen molar-refractivity contribution in [2.75, 3.05) is 13.6 Å². The molecule has 1 N–H and O–H groups in total. The van der Waals surface area contributed by atoms with Crippen molar-refractivity contribution in [2.45, 2.75) is 59.5 Å². The predicted molar refractivity (Wildman–Crippen MR) is 71.9 cm³/mol. The Morgan fingerprint density at radius 1 is 1.35 bits per heavy atom.